The van der Waals surface area contributed by atoms with Crippen molar-refractivity contribution in [3.63, 3.8) is 0 Å². The molecule has 0 radical (unpaired) electrons. The quantitative estimate of drug-likeness (QED) is 0.522. The van der Waals surface area contributed by atoms with E-state index in [2.05, 4.69) is 25.6 Å². The molecule has 0 unspecified atom stereocenters. The number of cyclic esters (lactones) is 1. The fourth-order valence-electron chi connectivity index (χ4n) is 4.66. The lowest BCUT2D eigenvalue weighted by Crippen LogP contribution is -2.36. The van der Waals surface area contributed by atoms with Gasteiger partial charge >= 0.3 is 5.97 Å². The third kappa shape index (κ3) is 2.84. The first kappa shape index (κ1) is 16.3. The summed E-state index contributed by atoms with van der Waals surface area (Å²) in [5, 5.41) is 0. The van der Waals surface area contributed by atoms with E-state index in [1.807, 2.05) is 18.2 Å². The van der Waals surface area contributed by atoms with Gasteiger partial charge in [-0.25, -0.2) is 4.79 Å². The van der Waals surface area contributed by atoms with E-state index >= 15 is 0 Å². The van der Waals surface area contributed by atoms with Gasteiger partial charge < -0.3 is 4.74 Å². The molecule has 3 rings (SSSR count). The molecule has 1 saturated carbocycles. The van der Waals surface area contributed by atoms with Gasteiger partial charge in [-0.3, -0.25) is 0 Å². The Balaban J connectivity index is 2.03. The summed E-state index contributed by atoms with van der Waals surface area (Å²) in [6, 6.07) is 10.3. The molecule has 0 N–H and O–H groups in total. The largest absolute Gasteiger partial charge is 0.453 e. The number of rotatable bonds is 5. The Morgan fingerprint density at radius 3 is 2.52 bits per heavy atom. The molecule has 0 aromatic heterocycles. The number of hydrogen-bond donors (Lipinski definition) is 0. The minimum atomic E-state index is -0.200. The smallest absolute Gasteiger partial charge is 0.334 e. The van der Waals surface area contributed by atoms with E-state index in [1.165, 1.54) is 32.1 Å². The zero-order chi connectivity index (χ0) is 16.3. The van der Waals surface area contributed by atoms with Crippen molar-refractivity contribution in [2.45, 2.75) is 64.4 Å². The van der Waals surface area contributed by atoms with Crippen LogP contribution in [0.3, 0.4) is 0 Å². The fraction of sp³-hybridized carbons (Fsp3) is 0.571. The van der Waals surface area contributed by atoms with E-state index in [4.69, 9.17) is 4.74 Å². The van der Waals surface area contributed by atoms with Gasteiger partial charge in [0.2, 0.25) is 0 Å². The van der Waals surface area contributed by atoms with Crippen LogP contribution < -0.4 is 0 Å². The second-order valence-corrected chi connectivity index (χ2v) is 7.15. The van der Waals surface area contributed by atoms with Crippen LogP contribution in [-0.2, 0) is 9.53 Å². The Morgan fingerprint density at radius 2 is 1.87 bits per heavy atom. The molecule has 0 spiro atoms. The Labute approximate surface area is 139 Å². The zero-order valence-electron chi connectivity index (χ0n) is 14.2. The number of hydrogen-bond acceptors (Lipinski definition) is 2. The van der Waals surface area contributed by atoms with Crippen LogP contribution in [0.1, 0.15) is 70.0 Å². The Bertz CT molecular complexity index is 556. The van der Waals surface area contributed by atoms with Crippen molar-refractivity contribution < 1.29 is 9.53 Å². The summed E-state index contributed by atoms with van der Waals surface area (Å²) >= 11 is 0. The molecule has 1 aromatic rings. The summed E-state index contributed by atoms with van der Waals surface area (Å²) in [7, 11) is 0. The molecule has 0 bridgehead atoms. The SMILES string of the molecule is C=C1C(=O)O[C@@H](c2ccccc2)[C@@]1(CCCC)C1CCCCC1. The molecular formula is C21H28O2. The maximum atomic E-state index is 12.5. The highest BCUT2D eigenvalue weighted by Crippen LogP contribution is 2.59. The molecule has 1 aromatic carbocycles. The second kappa shape index (κ2) is 6.90. The van der Waals surface area contributed by atoms with Crippen LogP contribution in [0, 0.1) is 11.3 Å². The van der Waals surface area contributed by atoms with Crippen molar-refractivity contribution >= 4 is 5.97 Å². The van der Waals surface area contributed by atoms with Crippen LogP contribution in [0.2, 0.25) is 0 Å². The minimum absolute atomic E-state index is 0.154. The highest BCUT2D eigenvalue weighted by atomic mass is 16.6. The lowest BCUT2D eigenvalue weighted by atomic mass is 9.60. The average Bonchev–Trinajstić information content (AvgIpc) is 2.87. The van der Waals surface area contributed by atoms with Crippen LogP contribution in [0.15, 0.2) is 42.5 Å². The highest BCUT2D eigenvalue weighted by Gasteiger charge is 2.56. The van der Waals surface area contributed by atoms with Crippen LogP contribution in [0.5, 0.6) is 0 Å². The molecule has 2 aliphatic rings. The number of carbonyl (C=O) groups excluding carboxylic acids is 1. The molecule has 2 nitrogen and oxygen atoms in total. The molecule has 2 fully saturated rings. The molecule has 1 aliphatic heterocycles. The first-order valence-corrected chi connectivity index (χ1v) is 9.15. The lowest BCUT2D eigenvalue weighted by Gasteiger charge is -2.42. The summed E-state index contributed by atoms with van der Waals surface area (Å²) in [4.78, 5) is 12.5. The summed E-state index contributed by atoms with van der Waals surface area (Å²) < 4.78 is 5.89. The van der Waals surface area contributed by atoms with Gasteiger partial charge in [-0.05, 0) is 30.7 Å². The average molecular weight is 312 g/mol. The molecule has 1 saturated heterocycles. The fourth-order valence-corrected chi connectivity index (χ4v) is 4.66. The standard InChI is InChI=1S/C21H28O2/c1-3-4-15-21(18-13-9-6-10-14-18)16(2)20(22)23-19(21)17-11-7-5-8-12-17/h5,7-8,11-12,18-19H,2-4,6,9-10,13-15H2,1H3/t19-,21+/m0/s1. The van der Waals surface area contributed by atoms with E-state index in [9.17, 15) is 4.79 Å². The topological polar surface area (TPSA) is 26.3 Å². The maximum absolute atomic E-state index is 12.5. The zero-order valence-corrected chi connectivity index (χ0v) is 14.2. The van der Waals surface area contributed by atoms with Gasteiger partial charge in [0, 0.05) is 11.0 Å². The van der Waals surface area contributed by atoms with E-state index in [-0.39, 0.29) is 17.5 Å². The highest BCUT2D eigenvalue weighted by molar-refractivity contribution is 5.92. The van der Waals surface area contributed by atoms with Crippen molar-refractivity contribution in [2.75, 3.05) is 0 Å². The molecule has 23 heavy (non-hydrogen) atoms. The molecule has 124 valence electrons. The normalized spacial score (nSPS) is 28.8. The van der Waals surface area contributed by atoms with Gasteiger partial charge in [0.1, 0.15) is 6.10 Å². The number of carbonyl (C=O) groups is 1. The first-order chi connectivity index (χ1) is 11.2. The molecule has 2 atom stereocenters. The monoisotopic (exact) mass is 312 g/mol. The second-order valence-electron chi connectivity index (χ2n) is 7.15. The Morgan fingerprint density at radius 1 is 1.17 bits per heavy atom. The number of unbranched alkanes of at least 4 members (excludes halogenated alkanes) is 1. The van der Waals surface area contributed by atoms with Gasteiger partial charge in [-0.2, -0.15) is 0 Å². The van der Waals surface area contributed by atoms with Gasteiger partial charge in [0.25, 0.3) is 0 Å². The first-order valence-electron chi connectivity index (χ1n) is 9.15. The van der Waals surface area contributed by atoms with E-state index in [0.717, 1.165) is 30.4 Å². The lowest BCUT2D eigenvalue weighted by molar-refractivity contribution is -0.141. The van der Waals surface area contributed by atoms with Crippen LogP contribution >= 0.6 is 0 Å². The van der Waals surface area contributed by atoms with Crippen LogP contribution in [0.25, 0.3) is 0 Å². The minimum Gasteiger partial charge on any atom is -0.453 e. The summed E-state index contributed by atoms with van der Waals surface area (Å²) in [5.74, 6) is 0.340. The molecule has 1 heterocycles. The third-order valence-electron chi connectivity index (χ3n) is 5.88. The van der Waals surface area contributed by atoms with Gasteiger partial charge in [0.15, 0.2) is 0 Å². The predicted molar refractivity (Wildman–Crippen MR) is 92.9 cm³/mol. The van der Waals surface area contributed by atoms with Crippen LogP contribution in [-0.4, -0.2) is 5.97 Å². The van der Waals surface area contributed by atoms with Crippen LogP contribution in [0.4, 0.5) is 0 Å². The predicted octanol–water partition coefficient (Wildman–Crippen LogP) is 5.60. The van der Waals surface area contributed by atoms with Crippen molar-refractivity contribution in [2.24, 2.45) is 11.3 Å². The Kier molecular flexibility index (Phi) is 4.89. The van der Waals surface area contributed by atoms with Crippen molar-refractivity contribution in [1.82, 2.24) is 0 Å². The Hall–Kier alpha value is -1.57. The maximum Gasteiger partial charge on any atom is 0.334 e. The number of ether oxygens (including phenoxy) is 1. The molecular weight excluding hydrogens is 284 g/mol. The number of benzene rings is 1. The summed E-state index contributed by atoms with van der Waals surface area (Å²) in [6.07, 6.45) is 9.36. The molecule has 0 amide bonds. The van der Waals surface area contributed by atoms with Crippen molar-refractivity contribution in [1.29, 1.82) is 0 Å². The summed E-state index contributed by atoms with van der Waals surface area (Å²) in [5.41, 5.74) is 1.65. The van der Waals surface area contributed by atoms with E-state index < -0.39 is 0 Å². The van der Waals surface area contributed by atoms with Gasteiger partial charge in [-0.15, -0.1) is 0 Å². The van der Waals surface area contributed by atoms with Crippen molar-refractivity contribution in [3.05, 3.63) is 48.0 Å². The van der Waals surface area contributed by atoms with E-state index in [1.54, 1.807) is 0 Å². The third-order valence-corrected chi connectivity index (χ3v) is 5.88. The molecule has 1 aliphatic carbocycles. The van der Waals surface area contributed by atoms with Gasteiger partial charge in [-0.1, -0.05) is 75.9 Å². The summed E-state index contributed by atoms with van der Waals surface area (Å²) in [6.45, 7) is 6.43. The van der Waals surface area contributed by atoms with Gasteiger partial charge in [0.05, 0.1) is 0 Å². The molecule has 2 heteroatoms. The number of esters is 1. The van der Waals surface area contributed by atoms with E-state index in [0.29, 0.717) is 5.92 Å². The van der Waals surface area contributed by atoms with Crippen molar-refractivity contribution in [3.8, 4) is 0 Å².